The number of nitrogens with zero attached hydrogens (tertiary/aromatic N) is 5. The third-order valence-corrected chi connectivity index (χ3v) is 5.46. The molecule has 2 aliphatic heterocycles. The molecule has 8 heteroatoms. The fourth-order valence-corrected chi connectivity index (χ4v) is 4.22. The molecular weight excluding hydrogens is 346 g/mol. The summed E-state index contributed by atoms with van der Waals surface area (Å²) in [6.07, 6.45) is 5.85. The molecule has 5 rings (SSSR count). The van der Waals surface area contributed by atoms with Crippen LogP contribution in [0, 0.1) is 5.41 Å². The summed E-state index contributed by atoms with van der Waals surface area (Å²) >= 11 is 0. The zero-order valence-corrected chi connectivity index (χ0v) is 14.9. The fraction of sp³-hybridized carbons (Fsp3) is 0.368. The smallest absolute Gasteiger partial charge is 0.289 e. The molecule has 0 saturated carbocycles. The molecule has 3 aromatic heterocycles. The Bertz CT molecular complexity index is 947. The molecule has 1 atom stereocenters. The van der Waals surface area contributed by atoms with Crippen LogP contribution in [0.4, 0.5) is 0 Å². The molecule has 2 aliphatic rings. The van der Waals surface area contributed by atoms with Crippen LogP contribution in [0.5, 0.6) is 0 Å². The molecule has 5 heterocycles. The molecule has 0 bridgehead atoms. The molecule has 0 aliphatic carbocycles. The molecule has 0 radical (unpaired) electrons. The summed E-state index contributed by atoms with van der Waals surface area (Å²) in [7, 11) is 2.06. The van der Waals surface area contributed by atoms with Gasteiger partial charge in [-0.05, 0) is 37.7 Å². The van der Waals surface area contributed by atoms with Crippen LogP contribution in [-0.2, 0) is 0 Å². The first-order valence-electron chi connectivity index (χ1n) is 8.91. The number of rotatable bonds is 3. The van der Waals surface area contributed by atoms with Crippen LogP contribution in [0.25, 0.3) is 11.4 Å². The van der Waals surface area contributed by atoms with Crippen molar-refractivity contribution >= 4 is 5.91 Å². The predicted octanol–water partition coefficient (Wildman–Crippen LogP) is 2.24. The quantitative estimate of drug-likeness (QED) is 0.703. The van der Waals surface area contributed by atoms with Gasteiger partial charge in [0.25, 0.3) is 5.91 Å². The number of pyridine rings is 1. The first-order chi connectivity index (χ1) is 13.1. The second-order valence-corrected chi connectivity index (χ2v) is 7.47. The van der Waals surface area contributed by atoms with Gasteiger partial charge in [-0.15, -0.1) is 0 Å². The van der Waals surface area contributed by atoms with Crippen molar-refractivity contribution < 1.29 is 13.7 Å². The molecule has 8 nitrogen and oxygen atoms in total. The second kappa shape index (κ2) is 6.02. The number of aromatic nitrogens is 3. The standard InChI is InChI=1S/C19H19N5O3/c1-23-10-19(11-24(12-19)18(25)15-5-3-7-26-15)8-14(23)17-21-16(22-27-17)13-4-2-6-20-9-13/h2-7,9,14H,8,10-12H2,1H3. The average Bonchev–Trinajstić information content (AvgIpc) is 3.40. The Morgan fingerprint density at radius 2 is 2.15 bits per heavy atom. The van der Waals surface area contributed by atoms with Crippen LogP contribution in [0.2, 0.25) is 0 Å². The van der Waals surface area contributed by atoms with E-state index >= 15 is 0 Å². The molecule has 3 aromatic rings. The van der Waals surface area contributed by atoms with E-state index in [1.165, 1.54) is 6.26 Å². The summed E-state index contributed by atoms with van der Waals surface area (Å²) in [5, 5.41) is 4.10. The van der Waals surface area contributed by atoms with Gasteiger partial charge in [0, 0.05) is 43.0 Å². The van der Waals surface area contributed by atoms with Gasteiger partial charge >= 0.3 is 0 Å². The third kappa shape index (κ3) is 2.73. The number of carbonyl (C=O) groups excluding carboxylic acids is 1. The Balaban J connectivity index is 1.29. The van der Waals surface area contributed by atoms with Crippen molar-refractivity contribution in [2.45, 2.75) is 12.5 Å². The molecule has 1 spiro atoms. The van der Waals surface area contributed by atoms with E-state index in [-0.39, 0.29) is 17.4 Å². The largest absolute Gasteiger partial charge is 0.459 e. The number of hydrogen-bond donors (Lipinski definition) is 0. The van der Waals surface area contributed by atoms with Gasteiger partial charge in [0.2, 0.25) is 11.7 Å². The van der Waals surface area contributed by atoms with E-state index < -0.39 is 0 Å². The maximum Gasteiger partial charge on any atom is 0.289 e. The molecule has 0 N–H and O–H groups in total. The van der Waals surface area contributed by atoms with E-state index in [0.29, 0.717) is 17.5 Å². The van der Waals surface area contributed by atoms with Crippen LogP contribution < -0.4 is 0 Å². The van der Waals surface area contributed by atoms with Crippen molar-refractivity contribution in [2.24, 2.45) is 5.41 Å². The van der Waals surface area contributed by atoms with Gasteiger partial charge in [-0.2, -0.15) is 4.98 Å². The Hall–Kier alpha value is -3.00. The van der Waals surface area contributed by atoms with Gasteiger partial charge in [-0.3, -0.25) is 14.7 Å². The number of furan rings is 1. The Morgan fingerprint density at radius 1 is 1.26 bits per heavy atom. The highest BCUT2D eigenvalue weighted by molar-refractivity contribution is 5.92. The average molecular weight is 365 g/mol. The lowest BCUT2D eigenvalue weighted by atomic mass is 9.77. The number of hydrogen-bond acceptors (Lipinski definition) is 7. The van der Waals surface area contributed by atoms with Gasteiger partial charge in [-0.1, -0.05) is 5.16 Å². The first kappa shape index (κ1) is 16.2. The highest BCUT2D eigenvalue weighted by atomic mass is 16.5. The number of carbonyl (C=O) groups is 1. The van der Waals surface area contributed by atoms with Crippen molar-refractivity contribution in [3.8, 4) is 11.4 Å². The summed E-state index contributed by atoms with van der Waals surface area (Å²) < 4.78 is 10.8. The van der Waals surface area contributed by atoms with E-state index in [1.807, 2.05) is 17.0 Å². The summed E-state index contributed by atoms with van der Waals surface area (Å²) in [5.41, 5.74) is 0.909. The number of amides is 1. The van der Waals surface area contributed by atoms with Gasteiger partial charge in [0.1, 0.15) is 0 Å². The van der Waals surface area contributed by atoms with Gasteiger partial charge < -0.3 is 13.8 Å². The second-order valence-electron chi connectivity index (χ2n) is 7.47. The minimum atomic E-state index is -0.0478. The first-order valence-corrected chi connectivity index (χ1v) is 8.91. The molecule has 2 fully saturated rings. The van der Waals surface area contributed by atoms with Crippen molar-refractivity contribution in [1.29, 1.82) is 0 Å². The summed E-state index contributed by atoms with van der Waals surface area (Å²) in [4.78, 5) is 25.1. The molecule has 1 amide bonds. The maximum absolute atomic E-state index is 12.4. The van der Waals surface area contributed by atoms with Crippen molar-refractivity contribution in [3.63, 3.8) is 0 Å². The van der Waals surface area contributed by atoms with Crippen LogP contribution in [0.3, 0.4) is 0 Å². The third-order valence-electron chi connectivity index (χ3n) is 5.46. The molecule has 1 unspecified atom stereocenters. The maximum atomic E-state index is 12.4. The SMILES string of the molecule is CN1CC2(CC1c1nc(-c3cccnc3)no1)CN(C(=O)c1ccco1)C2. The Labute approximate surface area is 155 Å². The summed E-state index contributed by atoms with van der Waals surface area (Å²) in [6, 6.07) is 7.25. The molecule has 138 valence electrons. The minimum absolute atomic E-state index is 0.0478. The summed E-state index contributed by atoms with van der Waals surface area (Å²) in [5.74, 6) is 1.51. The molecule has 27 heavy (non-hydrogen) atoms. The van der Waals surface area contributed by atoms with Gasteiger partial charge in [0.05, 0.1) is 12.3 Å². The summed E-state index contributed by atoms with van der Waals surface area (Å²) in [6.45, 7) is 2.33. The van der Waals surface area contributed by atoms with Gasteiger partial charge in [-0.25, -0.2) is 0 Å². The lowest BCUT2D eigenvalue weighted by molar-refractivity contribution is 0.00904. The van der Waals surface area contributed by atoms with Crippen molar-refractivity contribution in [2.75, 3.05) is 26.7 Å². The van der Waals surface area contributed by atoms with E-state index in [9.17, 15) is 4.79 Å². The predicted molar refractivity (Wildman–Crippen MR) is 94.6 cm³/mol. The van der Waals surface area contributed by atoms with Crippen LogP contribution >= 0.6 is 0 Å². The number of likely N-dealkylation sites (tertiary alicyclic amines) is 2. The zero-order chi connectivity index (χ0) is 18.4. The molecule has 2 saturated heterocycles. The minimum Gasteiger partial charge on any atom is -0.459 e. The van der Waals surface area contributed by atoms with E-state index in [2.05, 4.69) is 27.1 Å². The normalized spacial score (nSPS) is 21.5. The van der Waals surface area contributed by atoms with Gasteiger partial charge in [0.15, 0.2) is 5.76 Å². The monoisotopic (exact) mass is 365 g/mol. The van der Waals surface area contributed by atoms with Crippen LogP contribution in [0.1, 0.15) is 28.9 Å². The zero-order valence-electron chi connectivity index (χ0n) is 14.9. The topological polar surface area (TPSA) is 88.5 Å². The van der Waals surface area contributed by atoms with Crippen LogP contribution in [0.15, 0.2) is 51.9 Å². The molecule has 0 aromatic carbocycles. The highest BCUT2D eigenvalue weighted by Crippen LogP contribution is 2.47. The van der Waals surface area contributed by atoms with E-state index in [4.69, 9.17) is 8.94 Å². The molecular formula is C19H19N5O3. The Morgan fingerprint density at radius 3 is 2.89 bits per heavy atom. The van der Waals surface area contributed by atoms with Crippen molar-refractivity contribution in [3.05, 3.63) is 54.6 Å². The highest BCUT2D eigenvalue weighted by Gasteiger charge is 2.53. The fourth-order valence-electron chi connectivity index (χ4n) is 4.22. The van der Waals surface area contributed by atoms with Crippen LogP contribution in [-0.4, -0.2) is 57.5 Å². The lowest BCUT2D eigenvalue weighted by Gasteiger charge is -2.47. The lowest BCUT2D eigenvalue weighted by Crippen LogP contribution is -2.59. The van der Waals surface area contributed by atoms with E-state index in [1.54, 1.807) is 24.5 Å². The Kier molecular flexibility index (Phi) is 3.61. The van der Waals surface area contributed by atoms with Crippen molar-refractivity contribution in [1.82, 2.24) is 24.9 Å². The van der Waals surface area contributed by atoms with E-state index in [0.717, 1.165) is 31.6 Å².